The molecule has 2 aromatic carbocycles. The summed E-state index contributed by atoms with van der Waals surface area (Å²) in [5.74, 6) is 0.873. The van der Waals surface area contributed by atoms with Crippen molar-refractivity contribution in [2.45, 2.75) is 44.7 Å². The van der Waals surface area contributed by atoms with Gasteiger partial charge in [-0.15, -0.1) is 0 Å². The number of nitrogens with one attached hydrogen (secondary N) is 2. The van der Waals surface area contributed by atoms with Crippen molar-refractivity contribution in [3.63, 3.8) is 0 Å². The maximum absolute atomic E-state index is 12.5. The van der Waals surface area contributed by atoms with E-state index in [4.69, 9.17) is 0 Å². The summed E-state index contributed by atoms with van der Waals surface area (Å²) in [6.45, 7) is 2.97. The van der Waals surface area contributed by atoms with Crippen molar-refractivity contribution in [2.24, 2.45) is 0 Å². The molecule has 1 fully saturated rings. The van der Waals surface area contributed by atoms with Crippen LogP contribution in [0.25, 0.3) is 10.9 Å². The maximum atomic E-state index is 12.5. The van der Waals surface area contributed by atoms with Crippen LogP contribution in [0.5, 0.6) is 0 Å². The number of rotatable bonds is 8. The van der Waals surface area contributed by atoms with Crippen molar-refractivity contribution < 1.29 is 4.79 Å². The second-order valence-electron chi connectivity index (χ2n) is 8.94. The molecule has 5 rings (SSSR count). The van der Waals surface area contributed by atoms with E-state index in [0.717, 1.165) is 51.1 Å². The molecule has 1 saturated heterocycles. The monoisotopic (exact) mass is 441 g/mol. The SMILES string of the molecule is O=C(CCCc1ccccc1)Nc1ccnn1C1CCN(Cc2cc3ccccc3[nH]2)CC1. The van der Waals surface area contributed by atoms with Gasteiger partial charge in [-0.3, -0.25) is 9.69 Å². The molecular weight excluding hydrogens is 410 g/mol. The van der Waals surface area contributed by atoms with Crippen LogP contribution < -0.4 is 5.32 Å². The third kappa shape index (κ3) is 5.34. The highest BCUT2D eigenvalue weighted by molar-refractivity contribution is 5.89. The molecule has 0 aliphatic carbocycles. The Bertz CT molecular complexity index is 1150. The van der Waals surface area contributed by atoms with E-state index in [1.54, 1.807) is 6.20 Å². The van der Waals surface area contributed by atoms with Crippen LogP contribution in [-0.2, 0) is 17.8 Å². The fraction of sp³-hybridized carbons (Fsp3) is 0.333. The van der Waals surface area contributed by atoms with E-state index < -0.39 is 0 Å². The van der Waals surface area contributed by atoms with Gasteiger partial charge in [0.25, 0.3) is 0 Å². The minimum atomic E-state index is 0.0592. The molecule has 6 heteroatoms. The van der Waals surface area contributed by atoms with Gasteiger partial charge >= 0.3 is 0 Å². The Morgan fingerprint density at radius 1 is 1.03 bits per heavy atom. The molecule has 0 radical (unpaired) electrons. The summed E-state index contributed by atoms with van der Waals surface area (Å²) in [7, 11) is 0. The maximum Gasteiger partial charge on any atom is 0.225 e. The summed E-state index contributed by atoms with van der Waals surface area (Å²) in [5, 5.41) is 8.89. The average molecular weight is 442 g/mol. The molecule has 4 aromatic rings. The Labute approximate surface area is 194 Å². The summed E-state index contributed by atoms with van der Waals surface area (Å²) >= 11 is 0. The Morgan fingerprint density at radius 3 is 2.64 bits per heavy atom. The van der Waals surface area contributed by atoms with Gasteiger partial charge in [0.05, 0.1) is 12.2 Å². The molecule has 0 spiro atoms. The normalized spacial score (nSPS) is 15.2. The minimum absolute atomic E-state index is 0.0592. The molecule has 0 unspecified atom stereocenters. The van der Waals surface area contributed by atoms with Gasteiger partial charge < -0.3 is 10.3 Å². The molecule has 2 N–H and O–H groups in total. The molecule has 0 saturated carbocycles. The van der Waals surface area contributed by atoms with Gasteiger partial charge in [0.2, 0.25) is 5.91 Å². The highest BCUT2D eigenvalue weighted by atomic mass is 16.1. The third-order valence-electron chi connectivity index (χ3n) is 6.53. The number of H-pyrrole nitrogens is 1. The second-order valence-corrected chi connectivity index (χ2v) is 8.94. The molecule has 1 amide bonds. The van der Waals surface area contributed by atoms with Gasteiger partial charge in [-0.25, -0.2) is 4.68 Å². The van der Waals surface area contributed by atoms with Crippen LogP contribution in [0.4, 0.5) is 5.82 Å². The van der Waals surface area contributed by atoms with E-state index in [9.17, 15) is 4.79 Å². The number of carbonyl (C=O) groups excluding carboxylic acids is 1. The molecule has 3 heterocycles. The zero-order chi connectivity index (χ0) is 22.5. The van der Waals surface area contributed by atoms with Crippen molar-refractivity contribution in [3.8, 4) is 0 Å². The van der Waals surface area contributed by atoms with Gasteiger partial charge in [-0.1, -0.05) is 48.5 Å². The van der Waals surface area contributed by atoms with Crippen LogP contribution >= 0.6 is 0 Å². The lowest BCUT2D eigenvalue weighted by Crippen LogP contribution is -2.35. The van der Waals surface area contributed by atoms with Gasteiger partial charge in [0, 0.05) is 43.3 Å². The molecular formula is C27H31N5O. The lowest BCUT2D eigenvalue weighted by Gasteiger charge is -2.32. The van der Waals surface area contributed by atoms with Crippen LogP contribution in [0, 0.1) is 0 Å². The van der Waals surface area contributed by atoms with E-state index in [1.807, 2.05) is 28.9 Å². The molecule has 33 heavy (non-hydrogen) atoms. The summed E-state index contributed by atoms with van der Waals surface area (Å²) in [4.78, 5) is 18.5. The topological polar surface area (TPSA) is 66.0 Å². The van der Waals surface area contributed by atoms with Crippen molar-refractivity contribution in [3.05, 3.63) is 84.2 Å². The van der Waals surface area contributed by atoms with Crippen molar-refractivity contribution in [1.29, 1.82) is 0 Å². The standard InChI is InChI=1S/C27H31N5O/c33-27(12-6-9-21-7-2-1-3-8-21)30-26-13-16-28-32(26)24-14-17-31(18-15-24)20-23-19-22-10-4-5-11-25(22)29-23/h1-5,7-8,10-11,13,16,19,24,29H,6,9,12,14-15,17-18,20H2,(H,30,33). The summed E-state index contributed by atoms with van der Waals surface area (Å²) in [5.41, 5.74) is 3.73. The number of para-hydroxylation sites is 1. The summed E-state index contributed by atoms with van der Waals surface area (Å²) < 4.78 is 2.01. The number of fused-ring (bicyclic) bond motifs is 1. The Balaban J connectivity index is 1.11. The number of carbonyl (C=O) groups is 1. The van der Waals surface area contributed by atoms with E-state index in [2.05, 4.69) is 62.8 Å². The molecule has 170 valence electrons. The van der Waals surface area contributed by atoms with E-state index in [-0.39, 0.29) is 5.91 Å². The van der Waals surface area contributed by atoms with Crippen LogP contribution in [0.3, 0.4) is 0 Å². The van der Waals surface area contributed by atoms with E-state index in [0.29, 0.717) is 12.5 Å². The number of likely N-dealkylation sites (tertiary alicyclic amines) is 1. The van der Waals surface area contributed by atoms with Crippen molar-refractivity contribution in [2.75, 3.05) is 18.4 Å². The average Bonchev–Trinajstić information content (AvgIpc) is 3.46. The first-order chi connectivity index (χ1) is 16.2. The molecule has 1 aliphatic heterocycles. The fourth-order valence-corrected chi connectivity index (χ4v) is 4.79. The smallest absolute Gasteiger partial charge is 0.225 e. The highest BCUT2D eigenvalue weighted by Crippen LogP contribution is 2.27. The minimum Gasteiger partial charge on any atom is -0.357 e. The largest absolute Gasteiger partial charge is 0.357 e. The number of aromatic nitrogens is 3. The number of piperidine rings is 1. The number of anilines is 1. The lowest BCUT2D eigenvalue weighted by atomic mass is 10.0. The van der Waals surface area contributed by atoms with Crippen molar-refractivity contribution in [1.82, 2.24) is 19.7 Å². The van der Waals surface area contributed by atoms with Crippen molar-refractivity contribution >= 4 is 22.6 Å². The summed E-state index contributed by atoms with van der Waals surface area (Å²) in [6.07, 6.45) is 6.12. The molecule has 0 atom stereocenters. The van der Waals surface area contributed by atoms with E-state index >= 15 is 0 Å². The lowest BCUT2D eigenvalue weighted by molar-refractivity contribution is -0.116. The van der Waals surface area contributed by atoms with Gasteiger partial charge in [0.1, 0.15) is 5.82 Å². The molecule has 1 aliphatic rings. The number of aromatic amines is 1. The number of aryl methyl sites for hydroxylation is 1. The zero-order valence-corrected chi connectivity index (χ0v) is 18.9. The number of amides is 1. The van der Waals surface area contributed by atoms with Crippen LogP contribution in [0.15, 0.2) is 72.9 Å². The number of nitrogens with zero attached hydrogens (tertiary/aromatic N) is 3. The van der Waals surface area contributed by atoms with Crippen LogP contribution in [0.1, 0.15) is 43.0 Å². The molecule has 0 bridgehead atoms. The predicted octanol–water partition coefficient (Wildman–Crippen LogP) is 5.16. The first kappa shape index (κ1) is 21.5. The third-order valence-corrected chi connectivity index (χ3v) is 6.53. The molecule has 2 aromatic heterocycles. The second kappa shape index (κ2) is 10.0. The fourth-order valence-electron chi connectivity index (χ4n) is 4.79. The van der Waals surface area contributed by atoms with Crippen LogP contribution in [0.2, 0.25) is 0 Å². The number of hydrogen-bond acceptors (Lipinski definition) is 3. The summed E-state index contributed by atoms with van der Waals surface area (Å²) in [6, 6.07) is 23.2. The Morgan fingerprint density at radius 2 is 1.82 bits per heavy atom. The first-order valence-corrected chi connectivity index (χ1v) is 11.9. The molecule has 6 nitrogen and oxygen atoms in total. The highest BCUT2D eigenvalue weighted by Gasteiger charge is 2.23. The van der Waals surface area contributed by atoms with E-state index in [1.165, 1.54) is 22.2 Å². The number of hydrogen-bond donors (Lipinski definition) is 2. The van der Waals surface area contributed by atoms with Gasteiger partial charge in [-0.2, -0.15) is 5.10 Å². The predicted molar refractivity (Wildman–Crippen MR) is 132 cm³/mol. The van der Waals surface area contributed by atoms with Crippen LogP contribution in [-0.4, -0.2) is 38.7 Å². The first-order valence-electron chi connectivity index (χ1n) is 11.9. The van der Waals surface area contributed by atoms with Gasteiger partial charge in [-0.05, 0) is 48.8 Å². The van der Waals surface area contributed by atoms with Gasteiger partial charge in [0.15, 0.2) is 0 Å². The zero-order valence-electron chi connectivity index (χ0n) is 18.9. The Hall–Kier alpha value is -3.38. The number of benzene rings is 2. The Kier molecular flexibility index (Phi) is 6.53. The quantitative estimate of drug-likeness (QED) is 0.397.